The number of nitrogens with zero attached hydrogens (tertiary/aromatic N) is 3. The smallest absolute Gasteiger partial charge is 0.179 e. The summed E-state index contributed by atoms with van der Waals surface area (Å²) in [4.78, 5) is 14.3. The molecule has 0 saturated heterocycles. The fourth-order valence-corrected chi connectivity index (χ4v) is 1.79. The zero-order chi connectivity index (χ0) is 14.2. The highest BCUT2D eigenvalue weighted by Crippen LogP contribution is 2.21. The van der Waals surface area contributed by atoms with E-state index in [4.69, 9.17) is 5.73 Å². The van der Waals surface area contributed by atoms with Crippen molar-refractivity contribution in [3.63, 3.8) is 0 Å². The van der Waals surface area contributed by atoms with E-state index in [1.165, 1.54) is 0 Å². The van der Waals surface area contributed by atoms with Crippen molar-refractivity contribution in [1.29, 1.82) is 0 Å². The molecule has 0 bridgehead atoms. The Bertz CT molecular complexity index is 565. The summed E-state index contributed by atoms with van der Waals surface area (Å²) in [5, 5.41) is 0. The second-order valence-electron chi connectivity index (χ2n) is 6.30. The minimum Gasteiger partial charge on any atom is -0.363 e. The van der Waals surface area contributed by atoms with Crippen LogP contribution < -0.4 is 10.6 Å². The van der Waals surface area contributed by atoms with Crippen molar-refractivity contribution in [3.05, 3.63) is 18.0 Å². The van der Waals surface area contributed by atoms with Crippen LogP contribution in [0.3, 0.4) is 0 Å². The number of aromatic nitrogens is 3. The van der Waals surface area contributed by atoms with Crippen LogP contribution in [0, 0.1) is 5.41 Å². The summed E-state index contributed by atoms with van der Waals surface area (Å²) in [5.41, 5.74) is 7.98. The Balaban J connectivity index is 2.27. The van der Waals surface area contributed by atoms with Crippen LogP contribution in [0.2, 0.25) is 0 Å². The molecule has 104 valence electrons. The molecule has 2 aromatic rings. The van der Waals surface area contributed by atoms with Gasteiger partial charge in [-0.2, -0.15) is 0 Å². The van der Waals surface area contributed by atoms with Crippen LogP contribution in [0.15, 0.2) is 12.1 Å². The number of hydrogen-bond acceptors (Lipinski definition) is 4. The first-order valence-electron chi connectivity index (χ1n) is 6.56. The lowest BCUT2D eigenvalue weighted by molar-refractivity contribution is 0.315. The van der Waals surface area contributed by atoms with Gasteiger partial charge in [-0.25, -0.2) is 9.97 Å². The highest BCUT2D eigenvalue weighted by molar-refractivity contribution is 5.73. The third kappa shape index (κ3) is 3.04. The zero-order valence-corrected chi connectivity index (χ0v) is 12.4. The molecule has 0 aromatic carbocycles. The monoisotopic (exact) mass is 261 g/mol. The van der Waals surface area contributed by atoms with E-state index in [0.29, 0.717) is 0 Å². The summed E-state index contributed by atoms with van der Waals surface area (Å²) >= 11 is 0. The van der Waals surface area contributed by atoms with Gasteiger partial charge in [-0.3, -0.25) is 0 Å². The summed E-state index contributed by atoms with van der Waals surface area (Å²) in [7, 11) is 3.94. The first-order valence-corrected chi connectivity index (χ1v) is 6.56. The molecule has 0 radical (unpaired) electrons. The molecule has 0 saturated carbocycles. The Hall–Kier alpha value is -1.62. The molecule has 0 aliphatic carbocycles. The van der Waals surface area contributed by atoms with Gasteiger partial charge >= 0.3 is 0 Å². The van der Waals surface area contributed by atoms with E-state index in [1.807, 2.05) is 31.1 Å². The second-order valence-corrected chi connectivity index (χ2v) is 6.30. The summed E-state index contributed by atoms with van der Waals surface area (Å²) in [6, 6.07) is 4.06. The highest BCUT2D eigenvalue weighted by atomic mass is 15.1. The number of pyridine rings is 1. The number of nitrogens with one attached hydrogen (secondary N) is 1. The number of H-pyrrole nitrogens is 1. The Labute approximate surface area is 114 Å². The first kappa shape index (κ1) is 13.8. The number of imidazole rings is 1. The number of anilines is 1. The summed E-state index contributed by atoms with van der Waals surface area (Å²) in [5.74, 6) is 1.81. The largest absolute Gasteiger partial charge is 0.363 e. The number of aromatic amines is 1. The van der Waals surface area contributed by atoms with Gasteiger partial charge in [-0.05, 0) is 17.5 Å². The minimum atomic E-state index is 0.0706. The van der Waals surface area contributed by atoms with Crippen LogP contribution in [0.25, 0.3) is 11.2 Å². The van der Waals surface area contributed by atoms with Gasteiger partial charge in [0.2, 0.25) is 0 Å². The van der Waals surface area contributed by atoms with Crippen molar-refractivity contribution in [3.8, 4) is 0 Å². The predicted molar refractivity (Wildman–Crippen MR) is 79.4 cm³/mol. The molecule has 3 N–H and O–H groups in total. The van der Waals surface area contributed by atoms with Crippen LogP contribution in [0.4, 0.5) is 5.82 Å². The Morgan fingerprint density at radius 3 is 2.53 bits per heavy atom. The predicted octanol–water partition coefficient (Wildman–Crippen LogP) is 1.94. The molecule has 0 fully saturated rings. The van der Waals surface area contributed by atoms with Gasteiger partial charge in [0.15, 0.2) is 5.65 Å². The highest BCUT2D eigenvalue weighted by Gasteiger charge is 2.22. The molecule has 1 atom stereocenters. The summed E-state index contributed by atoms with van der Waals surface area (Å²) < 4.78 is 0. The molecule has 0 aliphatic rings. The van der Waals surface area contributed by atoms with Crippen molar-refractivity contribution in [1.82, 2.24) is 15.0 Å². The fraction of sp³-hybridized carbons (Fsp3) is 0.571. The van der Waals surface area contributed by atoms with Crippen LogP contribution in [-0.4, -0.2) is 35.1 Å². The van der Waals surface area contributed by atoms with E-state index in [0.717, 1.165) is 29.2 Å². The summed E-state index contributed by atoms with van der Waals surface area (Å²) in [6.45, 7) is 6.42. The standard InChI is InChI=1S/C14H23N5/c1-14(2,3)10(15)8-11-16-9-6-7-12(19(4)5)18-13(9)17-11/h6-7,10H,8,15H2,1-5H3,(H,16,17,18). The molecule has 2 heterocycles. The maximum Gasteiger partial charge on any atom is 0.179 e. The molecule has 5 nitrogen and oxygen atoms in total. The van der Waals surface area contributed by atoms with Gasteiger partial charge < -0.3 is 15.6 Å². The zero-order valence-electron chi connectivity index (χ0n) is 12.4. The van der Waals surface area contributed by atoms with Crippen LogP contribution in [0.5, 0.6) is 0 Å². The van der Waals surface area contributed by atoms with E-state index in [9.17, 15) is 0 Å². The van der Waals surface area contributed by atoms with Gasteiger partial charge in [0, 0.05) is 26.6 Å². The molecule has 0 amide bonds. The van der Waals surface area contributed by atoms with Crippen molar-refractivity contribution >= 4 is 17.0 Å². The van der Waals surface area contributed by atoms with E-state index >= 15 is 0 Å². The Morgan fingerprint density at radius 1 is 1.26 bits per heavy atom. The average Bonchev–Trinajstić information content (AvgIpc) is 2.68. The van der Waals surface area contributed by atoms with Gasteiger partial charge in [0.1, 0.15) is 11.6 Å². The number of fused-ring (bicyclic) bond motifs is 1. The van der Waals surface area contributed by atoms with Gasteiger partial charge in [0.25, 0.3) is 0 Å². The Morgan fingerprint density at radius 2 is 1.95 bits per heavy atom. The van der Waals surface area contributed by atoms with Crippen molar-refractivity contribution < 1.29 is 0 Å². The molecule has 5 heteroatoms. The molecule has 19 heavy (non-hydrogen) atoms. The number of rotatable bonds is 3. The molecular weight excluding hydrogens is 238 g/mol. The molecule has 2 rings (SSSR count). The SMILES string of the molecule is CN(C)c1ccc2[nH]c(CC(N)C(C)(C)C)nc2n1. The molecule has 0 spiro atoms. The Kier molecular flexibility index (Phi) is 3.49. The summed E-state index contributed by atoms with van der Waals surface area (Å²) in [6.07, 6.45) is 0.733. The normalized spacial score (nSPS) is 13.8. The molecule has 0 aliphatic heterocycles. The lowest BCUT2D eigenvalue weighted by atomic mass is 9.85. The first-order chi connectivity index (χ1) is 8.77. The lowest BCUT2D eigenvalue weighted by Crippen LogP contribution is -2.37. The minimum absolute atomic E-state index is 0.0706. The van der Waals surface area contributed by atoms with Crippen LogP contribution in [-0.2, 0) is 6.42 Å². The van der Waals surface area contributed by atoms with E-state index in [2.05, 4.69) is 35.7 Å². The van der Waals surface area contributed by atoms with E-state index < -0.39 is 0 Å². The van der Waals surface area contributed by atoms with Gasteiger partial charge in [-0.1, -0.05) is 20.8 Å². The number of hydrogen-bond donors (Lipinski definition) is 2. The molecule has 2 aromatic heterocycles. The average molecular weight is 261 g/mol. The van der Waals surface area contributed by atoms with Gasteiger partial charge in [0.05, 0.1) is 5.52 Å². The van der Waals surface area contributed by atoms with Crippen LogP contribution >= 0.6 is 0 Å². The maximum atomic E-state index is 6.19. The third-order valence-corrected chi connectivity index (χ3v) is 3.36. The molecule has 1 unspecified atom stereocenters. The van der Waals surface area contributed by atoms with Crippen LogP contribution in [0.1, 0.15) is 26.6 Å². The lowest BCUT2D eigenvalue weighted by Gasteiger charge is -2.26. The molecular formula is C14H23N5. The second kappa shape index (κ2) is 4.81. The van der Waals surface area contributed by atoms with Crippen molar-refractivity contribution in [2.75, 3.05) is 19.0 Å². The van der Waals surface area contributed by atoms with E-state index in [1.54, 1.807) is 0 Å². The fourth-order valence-electron chi connectivity index (χ4n) is 1.79. The van der Waals surface area contributed by atoms with Crippen molar-refractivity contribution in [2.24, 2.45) is 11.1 Å². The topological polar surface area (TPSA) is 70.8 Å². The van der Waals surface area contributed by atoms with Crippen molar-refractivity contribution in [2.45, 2.75) is 33.2 Å². The maximum absolute atomic E-state index is 6.19. The van der Waals surface area contributed by atoms with E-state index in [-0.39, 0.29) is 11.5 Å². The number of nitrogens with two attached hydrogens (primary N) is 1. The third-order valence-electron chi connectivity index (χ3n) is 3.36. The van der Waals surface area contributed by atoms with Gasteiger partial charge in [-0.15, -0.1) is 0 Å². The quantitative estimate of drug-likeness (QED) is 0.885.